The lowest BCUT2D eigenvalue weighted by molar-refractivity contribution is 0.0895. The van der Waals surface area contributed by atoms with Crippen LogP contribution in [0.5, 0.6) is 0 Å². The van der Waals surface area contributed by atoms with E-state index in [1.807, 2.05) is 50.2 Å². The third-order valence-electron chi connectivity index (χ3n) is 6.49. The van der Waals surface area contributed by atoms with Gasteiger partial charge in [0.2, 0.25) is 0 Å². The number of fused-ring (bicyclic) bond motifs is 2. The molecule has 8 nitrogen and oxygen atoms in total. The largest absolute Gasteiger partial charge is 0.381 e. The van der Waals surface area contributed by atoms with Crippen molar-refractivity contribution in [2.24, 2.45) is 13.0 Å². The Morgan fingerprint density at radius 1 is 1.09 bits per heavy atom. The predicted octanol–water partition coefficient (Wildman–Crippen LogP) is 4.28. The van der Waals surface area contributed by atoms with Crippen molar-refractivity contribution in [3.8, 4) is 22.3 Å². The van der Waals surface area contributed by atoms with Gasteiger partial charge in [-0.2, -0.15) is 10.2 Å². The minimum atomic E-state index is -0.0107. The summed E-state index contributed by atoms with van der Waals surface area (Å²) in [6.45, 7) is 1.38. The van der Waals surface area contributed by atoms with Gasteiger partial charge in [-0.1, -0.05) is 0 Å². The van der Waals surface area contributed by atoms with Crippen LogP contribution in [0, 0.1) is 5.92 Å². The number of Topliss-reactive ketones (excluding diaryl/α,β-unsaturated/α-hetero) is 1. The molecule has 0 amide bonds. The average Bonchev–Trinajstić information content (AvgIpc) is 3.51. The van der Waals surface area contributed by atoms with Gasteiger partial charge in [0.05, 0.1) is 23.5 Å². The number of carbonyl (C=O) groups is 1. The molecule has 166 valence electrons. The van der Waals surface area contributed by atoms with Crippen LogP contribution in [0.25, 0.3) is 38.8 Å². The number of rotatable bonds is 4. The maximum Gasteiger partial charge on any atom is 0.169 e. The molecule has 0 radical (unpaired) electrons. The average molecular weight is 441 g/mol. The zero-order chi connectivity index (χ0) is 22.4. The number of hydrogen-bond donors (Lipinski definition) is 1. The summed E-state index contributed by atoms with van der Waals surface area (Å²) in [7, 11) is 1.90. The fourth-order valence-corrected chi connectivity index (χ4v) is 4.69. The van der Waals surface area contributed by atoms with Crippen molar-refractivity contribution in [2.45, 2.75) is 19.3 Å². The van der Waals surface area contributed by atoms with Gasteiger partial charge in [-0.15, -0.1) is 0 Å². The van der Waals surface area contributed by atoms with Crippen LogP contribution in [-0.2, 0) is 11.8 Å². The van der Waals surface area contributed by atoms with E-state index < -0.39 is 0 Å². The molecule has 0 aliphatic carbocycles. The standard InChI is InChI=1S/C25H24N6O2/c1-30-15-19(12-28-30)18-9-20-21(13-27-25(20)26-11-18)17-4-6-31-23(10-17)22(14-29-31)24(32)16-3-2-7-33-8-5-16/h4,6,9-16H,2-3,5,7-8H2,1H3,(H,26,27). The molecule has 5 aromatic heterocycles. The number of ketones is 1. The van der Waals surface area contributed by atoms with E-state index in [0.717, 1.165) is 64.7 Å². The molecular formula is C25H24N6O2. The molecule has 0 aromatic carbocycles. The highest BCUT2D eigenvalue weighted by molar-refractivity contribution is 6.04. The minimum Gasteiger partial charge on any atom is -0.381 e. The Kier molecular flexibility index (Phi) is 4.80. The second kappa shape index (κ2) is 7.97. The lowest BCUT2D eigenvalue weighted by Gasteiger charge is -2.11. The van der Waals surface area contributed by atoms with Gasteiger partial charge in [-0.3, -0.25) is 9.48 Å². The van der Waals surface area contributed by atoms with Crippen LogP contribution in [0.4, 0.5) is 0 Å². The van der Waals surface area contributed by atoms with E-state index in [2.05, 4.69) is 26.2 Å². The molecular weight excluding hydrogens is 416 g/mol. The lowest BCUT2D eigenvalue weighted by Crippen LogP contribution is -2.15. The van der Waals surface area contributed by atoms with Crippen LogP contribution < -0.4 is 0 Å². The molecule has 1 N–H and O–H groups in total. The van der Waals surface area contributed by atoms with Crippen molar-refractivity contribution in [3.63, 3.8) is 0 Å². The summed E-state index contributed by atoms with van der Waals surface area (Å²) in [5, 5.41) is 9.73. The van der Waals surface area contributed by atoms with E-state index in [1.54, 1.807) is 15.4 Å². The fraction of sp³-hybridized carbons (Fsp3) is 0.280. The predicted molar refractivity (Wildman–Crippen MR) is 125 cm³/mol. The number of pyridine rings is 2. The normalized spacial score (nSPS) is 16.9. The topological polar surface area (TPSA) is 90.1 Å². The van der Waals surface area contributed by atoms with E-state index in [-0.39, 0.29) is 11.7 Å². The molecule has 1 fully saturated rings. The molecule has 1 aliphatic heterocycles. The second-order valence-corrected chi connectivity index (χ2v) is 8.63. The summed E-state index contributed by atoms with van der Waals surface area (Å²) in [5.41, 5.74) is 6.40. The number of aromatic nitrogens is 6. The summed E-state index contributed by atoms with van der Waals surface area (Å²) in [5.74, 6) is 0.149. The van der Waals surface area contributed by atoms with E-state index >= 15 is 0 Å². The minimum absolute atomic E-state index is 0.0107. The fourth-order valence-electron chi connectivity index (χ4n) is 4.69. The van der Waals surface area contributed by atoms with Crippen LogP contribution in [0.1, 0.15) is 29.6 Å². The van der Waals surface area contributed by atoms with Crippen molar-refractivity contribution in [3.05, 3.63) is 60.9 Å². The van der Waals surface area contributed by atoms with Gasteiger partial charge in [-0.05, 0) is 43.0 Å². The zero-order valence-electron chi connectivity index (χ0n) is 18.4. The van der Waals surface area contributed by atoms with Gasteiger partial charge in [0.15, 0.2) is 5.78 Å². The number of ether oxygens (including phenoxy) is 1. The third kappa shape index (κ3) is 3.52. The van der Waals surface area contributed by atoms with Crippen LogP contribution in [0.2, 0.25) is 0 Å². The molecule has 0 bridgehead atoms. The molecule has 1 aliphatic rings. The molecule has 0 saturated carbocycles. The van der Waals surface area contributed by atoms with Gasteiger partial charge < -0.3 is 9.72 Å². The first-order chi connectivity index (χ1) is 16.2. The quantitative estimate of drug-likeness (QED) is 0.421. The molecule has 33 heavy (non-hydrogen) atoms. The zero-order valence-corrected chi connectivity index (χ0v) is 18.4. The number of nitrogens with one attached hydrogen (secondary N) is 1. The summed E-state index contributed by atoms with van der Waals surface area (Å²) < 4.78 is 9.10. The summed E-state index contributed by atoms with van der Waals surface area (Å²) >= 11 is 0. The number of nitrogens with zero attached hydrogens (tertiary/aromatic N) is 5. The molecule has 5 aromatic rings. The van der Waals surface area contributed by atoms with Crippen LogP contribution in [-0.4, -0.2) is 48.4 Å². The van der Waals surface area contributed by atoms with E-state index in [4.69, 9.17) is 4.74 Å². The SMILES string of the molecule is Cn1cc(-c2cnc3[nH]cc(-c4ccn5ncc(C(=O)C6CCCOCC6)c5c4)c3c2)cn1. The first-order valence-corrected chi connectivity index (χ1v) is 11.2. The highest BCUT2D eigenvalue weighted by Crippen LogP contribution is 2.32. The van der Waals surface area contributed by atoms with Crippen molar-refractivity contribution in [2.75, 3.05) is 13.2 Å². The van der Waals surface area contributed by atoms with Gasteiger partial charge >= 0.3 is 0 Å². The lowest BCUT2D eigenvalue weighted by atomic mass is 9.91. The van der Waals surface area contributed by atoms with Gasteiger partial charge in [-0.25, -0.2) is 9.50 Å². The van der Waals surface area contributed by atoms with Gasteiger partial charge in [0.1, 0.15) is 5.65 Å². The van der Waals surface area contributed by atoms with E-state index in [9.17, 15) is 4.79 Å². The van der Waals surface area contributed by atoms with Crippen LogP contribution in [0.3, 0.4) is 0 Å². The first-order valence-electron chi connectivity index (χ1n) is 11.2. The van der Waals surface area contributed by atoms with Crippen molar-refractivity contribution in [1.29, 1.82) is 0 Å². The number of aromatic amines is 1. The van der Waals surface area contributed by atoms with Gasteiger partial charge in [0, 0.05) is 73.0 Å². The molecule has 1 atom stereocenters. The number of aryl methyl sites for hydroxylation is 1. The number of H-pyrrole nitrogens is 1. The Bertz CT molecular complexity index is 1470. The van der Waals surface area contributed by atoms with Crippen molar-refractivity contribution >= 4 is 22.3 Å². The van der Waals surface area contributed by atoms with E-state index in [0.29, 0.717) is 12.2 Å². The molecule has 0 spiro atoms. The monoisotopic (exact) mass is 440 g/mol. The highest BCUT2D eigenvalue weighted by Gasteiger charge is 2.24. The highest BCUT2D eigenvalue weighted by atomic mass is 16.5. The maximum absolute atomic E-state index is 13.3. The Hall–Kier alpha value is -3.78. The smallest absolute Gasteiger partial charge is 0.169 e. The Balaban J connectivity index is 1.41. The maximum atomic E-state index is 13.3. The Labute approximate surface area is 190 Å². The van der Waals surface area contributed by atoms with E-state index in [1.165, 1.54) is 0 Å². The van der Waals surface area contributed by atoms with Crippen LogP contribution >= 0.6 is 0 Å². The third-order valence-corrected chi connectivity index (χ3v) is 6.49. The molecule has 1 unspecified atom stereocenters. The molecule has 6 heterocycles. The molecule has 8 heteroatoms. The molecule has 1 saturated heterocycles. The molecule has 6 rings (SSSR count). The Morgan fingerprint density at radius 3 is 2.91 bits per heavy atom. The summed E-state index contributed by atoms with van der Waals surface area (Å²) in [4.78, 5) is 21.2. The van der Waals surface area contributed by atoms with Crippen molar-refractivity contribution < 1.29 is 9.53 Å². The second-order valence-electron chi connectivity index (χ2n) is 8.63. The van der Waals surface area contributed by atoms with Gasteiger partial charge in [0.25, 0.3) is 0 Å². The van der Waals surface area contributed by atoms with Crippen LogP contribution in [0.15, 0.2) is 55.4 Å². The number of hydrogen-bond acceptors (Lipinski definition) is 5. The summed E-state index contributed by atoms with van der Waals surface area (Å²) in [6.07, 6.45) is 13.8. The summed E-state index contributed by atoms with van der Waals surface area (Å²) in [6, 6.07) is 6.20. The van der Waals surface area contributed by atoms with Crippen molar-refractivity contribution in [1.82, 2.24) is 29.4 Å². The first kappa shape index (κ1) is 19.9. The number of carbonyl (C=O) groups excluding carboxylic acids is 1. The Morgan fingerprint density at radius 2 is 2.03 bits per heavy atom.